The fourth-order valence-corrected chi connectivity index (χ4v) is 2.63. The van der Waals surface area contributed by atoms with Crippen molar-refractivity contribution in [2.24, 2.45) is 7.05 Å². The zero-order valence-electron chi connectivity index (χ0n) is 10.7. The van der Waals surface area contributed by atoms with Gasteiger partial charge in [-0.2, -0.15) is 5.10 Å². The van der Waals surface area contributed by atoms with Crippen LogP contribution in [-0.4, -0.2) is 14.8 Å². The molecule has 0 fully saturated rings. The molecule has 0 aromatic carbocycles. The highest BCUT2D eigenvalue weighted by Gasteiger charge is 2.17. The minimum Gasteiger partial charge on any atom is -0.389 e. The van der Waals surface area contributed by atoms with Gasteiger partial charge in [-0.3, -0.25) is 4.68 Å². The van der Waals surface area contributed by atoms with Crippen LogP contribution in [0.5, 0.6) is 0 Å². The lowest BCUT2D eigenvalue weighted by Gasteiger charge is -1.97. The number of aryl methyl sites for hydroxylation is 2. The van der Waals surface area contributed by atoms with Crippen LogP contribution in [0.15, 0.2) is 6.20 Å². The maximum absolute atomic E-state index is 6.06. The van der Waals surface area contributed by atoms with Gasteiger partial charge in [0.25, 0.3) is 0 Å². The lowest BCUT2D eigenvalue weighted by Crippen LogP contribution is -1.91. The molecule has 2 heterocycles. The molecule has 4 nitrogen and oxygen atoms in total. The highest BCUT2D eigenvalue weighted by Crippen LogP contribution is 2.35. The summed E-state index contributed by atoms with van der Waals surface area (Å²) in [7, 11) is 1.93. The Balaban J connectivity index is 2.52. The summed E-state index contributed by atoms with van der Waals surface area (Å²) in [4.78, 5) is 4.64. The van der Waals surface area contributed by atoms with Crippen molar-refractivity contribution in [3.63, 3.8) is 0 Å². The van der Waals surface area contributed by atoms with Gasteiger partial charge in [0.2, 0.25) is 0 Å². The van der Waals surface area contributed by atoms with Crippen molar-refractivity contribution < 1.29 is 0 Å². The Hall–Kier alpha value is -1.36. The zero-order valence-corrected chi connectivity index (χ0v) is 11.5. The Morgan fingerprint density at radius 1 is 1.47 bits per heavy atom. The summed E-state index contributed by atoms with van der Waals surface area (Å²) in [5, 5.41) is 6.30. The summed E-state index contributed by atoms with van der Waals surface area (Å²) in [5.74, 6) is 0.415. The lowest BCUT2D eigenvalue weighted by molar-refractivity contribution is 0.746. The number of hydrogen-bond acceptors (Lipinski definition) is 4. The van der Waals surface area contributed by atoms with Crippen molar-refractivity contribution in [3.05, 3.63) is 16.9 Å². The first kappa shape index (κ1) is 12.1. The molecule has 0 amide bonds. The normalized spacial score (nSPS) is 11.4. The Bertz CT molecular complexity index is 525. The summed E-state index contributed by atoms with van der Waals surface area (Å²) in [6.45, 7) is 6.36. The van der Waals surface area contributed by atoms with Crippen LogP contribution in [0.4, 0.5) is 5.00 Å². The van der Waals surface area contributed by atoms with Gasteiger partial charge in [0.15, 0.2) is 0 Å². The number of anilines is 1. The van der Waals surface area contributed by atoms with Crippen LogP contribution in [0, 0.1) is 0 Å². The van der Waals surface area contributed by atoms with Gasteiger partial charge in [0, 0.05) is 24.7 Å². The first-order valence-corrected chi connectivity index (χ1v) is 6.63. The Labute approximate surface area is 105 Å². The van der Waals surface area contributed by atoms with E-state index in [1.165, 1.54) is 0 Å². The fraction of sp³-hybridized carbons (Fsp3) is 0.500. The summed E-state index contributed by atoms with van der Waals surface area (Å²) in [6, 6.07) is 0. The minimum atomic E-state index is 0.415. The summed E-state index contributed by atoms with van der Waals surface area (Å²) < 4.78 is 1.82. The van der Waals surface area contributed by atoms with Gasteiger partial charge in [0.05, 0.1) is 10.7 Å². The van der Waals surface area contributed by atoms with Gasteiger partial charge in [-0.25, -0.2) is 4.98 Å². The van der Waals surface area contributed by atoms with E-state index in [2.05, 4.69) is 30.9 Å². The molecule has 92 valence electrons. The SMILES string of the molecule is CCc1nn(C)cc1-c1nc(C(C)C)sc1N. The molecule has 0 spiro atoms. The molecule has 0 aliphatic heterocycles. The second kappa shape index (κ2) is 4.49. The minimum absolute atomic E-state index is 0.415. The molecule has 0 bridgehead atoms. The van der Waals surface area contributed by atoms with E-state index >= 15 is 0 Å². The van der Waals surface area contributed by atoms with Crippen LogP contribution in [-0.2, 0) is 13.5 Å². The molecule has 2 rings (SSSR count). The van der Waals surface area contributed by atoms with E-state index in [0.29, 0.717) is 5.92 Å². The molecular weight excluding hydrogens is 232 g/mol. The molecule has 0 saturated carbocycles. The van der Waals surface area contributed by atoms with Crippen molar-refractivity contribution in [2.75, 3.05) is 5.73 Å². The third-order valence-electron chi connectivity index (χ3n) is 2.66. The van der Waals surface area contributed by atoms with Crippen LogP contribution < -0.4 is 5.73 Å². The Morgan fingerprint density at radius 3 is 2.71 bits per heavy atom. The molecule has 2 aromatic rings. The second-order valence-electron chi connectivity index (χ2n) is 4.44. The number of aromatic nitrogens is 3. The van der Waals surface area contributed by atoms with Crippen molar-refractivity contribution in [1.82, 2.24) is 14.8 Å². The predicted molar refractivity (Wildman–Crippen MR) is 72.2 cm³/mol. The van der Waals surface area contributed by atoms with Crippen LogP contribution in [0.2, 0.25) is 0 Å². The van der Waals surface area contributed by atoms with Crippen molar-refractivity contribution in [1.29, 1.82) is 0 Å². The monoisotopic (exact) mass is 250 g/mol. The quantitative estimate of drug-likeness (QED) is 0.911. The van der Waals surface area contributed by atoms with Gasteiger partial charge in [0.1, 0.15) is 10.7 Å². The topological polar surface area (TPSA) is 56.7 Å². The Kier molecular flexibility index (Phi) is 3.19. The molecule has 17 heavy (non-hydrogen) atoms. The smallest absolute Gasteiger partial charge is 0.114 e. The number of hydrogen-bond donors (Lipinski definition) is 1. The van der Waals surface area contributed by atoms with Crippen molar-refractivity contribution in [2.45, 2.75) is 33.1 Å². The average molecular weight is 250 g/mol. The predicted octanol–water partition coefficient (Wildman–Crippen LogP) is 2.81. The van der Waals surface area contributed by atoms with Crippen LogP contribution in [0.25, 0.3) is 11.3 Å². The van der Waals surface area contributed by atoms with Gasteiger partial charge >= 0.3 is 0 Å². The van der Waals surface area contributed by atoms with Crippen molar-refractivity contribution >= 4 is 16.3 Å². The fourth-order valence-electron chi connectivity index (χ4n) is 1.78. The summed E-state index contributed by atoms with van der Waals surface area (Å²) in [5.41, 5.74) is 9.08. The molecular formula is C12H18N4S. The number of nitrogen functional groups attached to an aromatic ring is 1. The van der Waals surface area contributed by atoms with Crippen LogP contribution in [0.3, 0.4) is 0 Å². The standard InChI is InChI=1S/C12H18N4S/c1-5-9-8(6-16(4)15-9)10-11(13)17-12(14-10)7(2)3/h6-7H,5,13H2,1-4H3. The van der Waals surface area contributed by atoms with E-state index in [1.807, 2.05) is 17.9 Å². The first-order valence-electron chi connectivity index (χ1n) is 5.82. The third-order valence-corrected chi connectivity index (χ3v) is 3.84. The molecule has 2 N–H and O–H groups in total. The molecule has 2 aromatic heterocycles. The average Bonchev–Trinajstić information content (AvgIpc) is 2.81. The van der Waals surface area contributed by atoms with Gasteiger partial charge in [-0.1, -0.05) is 20.8 Å². The molecule has 0 radical (unpaired) electrons. The molecule has 0 unspecified atom stereocenters. The van der Waals surface area contributed by atoms with E-state index in [4.69, 9.17) is 5.73 Å². The molecule has 0 atom stereocenters. The molecule has 0 saturated heterocycles. The highest BCUT2D eigenvalue weighted by molar-refractivity contribution is 7.16. The van der Waals surface area contributed by atoms with Crippen LogP contribution in [0.1, 0.15) is 37.4 Å². The second-order valence-corrected chi connectivity index (χ2v) is 5.50. The van der Waals surface area contributed by atoms with E-state index in [0.717, 1.165) is 33.4 Å². The largest absolute Gasteiger partial charge is 0.389 e. The number of nitrogens with two attached hydrogens (primary N) is 1. The van der Waals surface area contributed by atoms with Crippen LogP contribution >= 0.6 is 11.3 Å². The molecule has 0 aliphatic carbocycles. The number of thiazole rings is 1. The highest BCUT2D eigenvalue weighted by atomic mass is 32.1. The summed E-state index contributed by atoms with van der Waals surface area (Å²) in [6.07, 6.45) is 2.89. The van der Waals surface area contributed by atoms with E-state index in [9.17, 15) is 0 Å². The van der Waals surface area contributed by atoms with Gasteiger partial charge in [-0.05, 0) is 6.42 Å². The van der Waals surface area contributed by atoms with E-state index in [-0.39, 0.29) is 0 Å². The number of nitrogens with zero attached hydrogens (tertiary/aromatic N) is 3. The maximum atomic E-state index is 6.06. The Morgan fingerprint density at radius 2 is 2.18 bits per heavy atom. The van der Waals surface area contributed by atoms with E-state index < -0.39 is 0 Å². The lowest BCUT2D eigenvalue weighted by atomic mass is 10.1. The zero-order chi connectivity index (χ0) is 12.6. The third kappa shape index (κ3) is 2.20. The first-order chi connectivity index (χ1) is 8.02. The van der Waals surface area contributed by atoms with Crippen molar-refractivity contribution in [3.8, 4) is 11.3 Å². The van der Waals surface area contributed by atoms with E-state index in [1.54, 1.807) is 11.3 Å². The maximum Gasteiger partial charge on any atom is 0.114 e. The molecule has 0 aliphatic rings. The number of rotatable bonds is 3. The summed E-state index contributed by atoms with van der Waals surface area (Å²) >= 11 is 1.58. The van der Waals surface area contributed by atoms with Gasteiger partial charge < -0.3 is 5.73 Å². The van der Waals surface area contributed by atoms with Gasteiger partial charge in [-0.15, -0.1) is 11.3 Å². The molecule has 5 heteroatoms.